The van der Waals surface area contributed by atoms with E-state index in [0.29, 0.717) is 51.0 Å². The highest BCUT2D eigenvalue weighted by Gasteiger charge is 2.65. The molecule has 2 aliphatic heterocycles. The Labute approximate surface area is 239 Å². The van der Waals surface area contributed by atoms with Gasteiger partial charge in [0.15, 0.2) is 0 Å². The van der Waals surface area contributed by atoms with Crippen molar-refractivity contribution in [2.45, 2.75) is 102 Å². The van der Waals surface area contributed by atoms with E-state index in [4.69, 9.17) is 22.4 Å². The third-order valence-electron chi connectivity index (χ3n) is 9.38. The van der Waals surface area contributed by atoms with Crippen LogP contribution in [0.5, 0.6) is 5.75 Å². The molecule has 204 valence electrons. The van der Waals surface area contributed by atoms with Crippen molar-refractivity contribution in [2.24, 2.45) is 17.3 Å². The highest BCUT2D eigenvalue weighted by atomic mass is 28.2. The maximum Gasteiger partial charge on any atom is 0.229 e. The first-order chi connectivity index (χ1) is 18.2. The molecule has 4 aliphatic rings. The Hall–Kier alpha value is -0.572. The monoisotopic (exact) mass is 583 g/mol. The van der Waals surface area contributed by atoms with Gasteiger partial charge in [0.05, 0.1) is 0 Å². The highest BCUT2D eigenvalue weighted by molar-refractivity contribution is 6.26. The van der Waals surface area contributed by atoms with E-state index in [2.05, 4.69) is 83.5 Å². The average molecular weight is 584 g/mol. The van der Waals surface area contributed by atoms with Crippen LogP contribution in [0.1, 0.15) is 50.8 Å². The standard InChI is InChI=1S/C28H41NO5Si4/c1-26(2,24(31-35-5)32-36-6)18-10-9-16-15-20-17-11-12-19(27(3,4)25(33-37-7)34-38-8)23-28(17,13-14-29-20)21(16)22(18)30-23/h9-12,17,19-20,23-25,29H,13-15H2,1-8H3/t17-,19?,20+,23?,28-/m0/s1. The molecule has 0 amide bonds. The van der Waals surface area contributed by atoms with Gasteiger partial charge in [0.1, 0.15) is 24.4 Å². The second kappa shape index (κ2) is 11.0. The summed E-state index contributed by atoms with van der Waals surface area (Å²) >= 11 is 0. The Bertz CT molecular complexity index is 1040. The predicted molar refractivity (Wildman–Crippen MR) is 154 cm³/mol. The molecule has 1 N–H and O–H groups in total. The lowest BCUT2D eigenvalue weighted by molar-refractivity contribution is -0.126. The SMILES string of the molecule is C[Si]OC(O[Si]C)C(C)(C)c1ccc2c3c1OC1C(C(C)(C)C(O[Si]C)O[Si]C)C=C[C@H]4[C@@H](C2)NCC[C@]314. The van der Waals surface area contributed by atoms with E-state index in [9.17, 15) is 0 Å². The van der Waals surface area contributed by atoms with Crippen molar-refractivity contribution in [2.75, 3.05) is 6.54 Å². The van der Waals surface area contributed by atoms with Crippen LogP contribution in [-0.4, -0.2) is 70.3 Å². The lowest BCUT2D eigenvalue weighted by atomic mass is 9.50. The predicted octanol–water partition coefficient (Wildman–Crippen LogP) is 4.10. The lowest BCUT2D eigenvalue weighted by Crippen LogP contribution is -2.65. The van der Waals surface area contributed by atoms with Gasteiger partial charge in [-0.15, -0.1) is 0 Å². The van der Waals surface area contributed by atoms with Crippen molar-refractivity contribution in [3.8, 4) is 5.75 Å². The molecular formula is C28H41NO5Si4. The number of nitrogens with one attached hydrogen (secondary N) is 1. The summed E-state index contributed by atoms with van der Waals surface area (Å²) in [6.45, 7) is 18.4. The third kappa shape index (κ3) is 4.33. The van der Waals surface area contributed by atoms with Crippen LogP contribution in [-0.2, 0) is 35.0 Å². The van der Waals surface area contributed by atoms with Crippen molar-refractivity contribution >= 4 is 39.1 Å². The summed E-state index contributed by atoms with van der Waals surface area (Å²) in [7, 11) is 1.47. The molecule has 1 aromatic carbocycles. The van der Waals surface area contributed by atoms with E-state index in [-0.39, 0.29) is 40.8 Å². The van der Waals surface area contributed by atoms with Crippen LogP contribution in [0.2, 0.25) is 26.2 Å². The number of piperidine rings is 1. The molecule has 1 aromatic rings. The lowest BCUT2D eigenvalue weighted by Gasteiger charge is -2.57. The van der Waals surface area contributed by atoms with Gasteiger partial charge in [-0.05, 0) is 51.1 Å². The van der Waals surface area contributed by atoms with Gasteiger partial charge in [-0.3, -0.25) is 0 Å². The Kier molecular flexibility index (Phi) is 8.39. The number of ether oxygens (including phenoxy) is 1. The first-order valence-electron chi connectivity index (χ1n) is 13.7. The first kappa shape index (κ1) is 28.9. The summed E-state index contributed by atoms with van der Waals surface area (Å²) in [5, 5.41) is 3.85. The topological polar surface area (TPSA) is 58.2 Å². The minimum absolute atomic E-state index is 0.0274. The number of rotatable bonds is 12. The molecule has 6 nitrogen and oxygen atoms in total. The van der Waals surface area contributed by atoms with E-state index in [0.717, 1.165) is 25.1 Å². The quantitative estimate of drug-likeness (QED) is 0.227. The normalized spacial score (nSPS) is 29.6. The molecule has 2 heterocycles. The van der Waals surface area contributed by atoms with Gasteiger partial charge < -0.3 is 27.8 Å². The zero-order chi connectivity index (χ0) is 27.3. The average Bonchev–Trinajstić information content (AvgIpc) is 3.21. The molecule has 1 saturated heterocycles. The van der Waals surface area contributed by atoms with Crippen LogP contribution in [0.15, 0.2) is 24.3 Å². The van der Waals surface area contributed by atoms with Crippen molar-refractivity contribution in [3.05, 3.63) is 41.0 Å². The van der Waals surface area contributed by atoms with E-state index >= 15 is 0 Å². The molecule has 8 radical (unpaired) electrons. The fourth-order valence-corrected chi connectivity index (χ4v) is 9.96. The van der Waals surface area contributed by atoms with Crippen LogP contribution < -0.4 is 10.1 Å². The van der Waals surface area contributed by atoms with Crippen LogP contribution in [0.3, 0.4) is 0 Å². The van der Waals surface area contributed by atoms with Gasteiger partial charge in [-0.1, -0.05) is 52.0 Å². The van der Waals surface area contributed by atoms with Crippen LogP contribution in [0, 0.1) is 17.3 Å². The highest BCUT2D eigenvalue weighted by Crippen LogP contribution is 2.64. The molecule has 0 aromatic heterocycles. The Morgan fingerprint density at radius 3 is 2.18 bits per heavy atom. The van der Waals surface area contributed by atoms with Gasteiger partial charge in [-0.25, -0.2) is 0 Å². The Balaban J connectivity index is 1.65. The van der Waals surface area contributed by atoms with Crippen LogP contribution >= 0.6 is 0 Å². The summed E-state index contributed by atoms with van der Waals surface area (Å²) in [5.41, 5.74) is 3.41. The molecule has 38 heavy (non-hydrogen) atoms. The Morgan fingerprint density at radius 2 is 1.55 bits per heavy atom. The minimum Gasteiger partial charge on any atom is -0.488 e. The van der Waals surface area contributed by atoms with E-state index < -0.39 is 0 Å². The molecule has 5 atom stereocenters. The molecule has 1 spiro atoms. The van der Waals surface area contributed by atoms with Gasteiger partial charge in [0.25, 0.3) is 0 Å². The number of hydrogen-bond acceptors (Lipinski definition) is 6. The summed E-state index contributed by atoms with van der Waals surface area (Å²) in [6, 6.07) is 5.09. The number of benzene rings is 1. The van der Waals surface area contributed by atoms with Gasteiger partial charge in [-0.2, -0.15) is 0 Å². The van der Waals surface area contributed by atoms with E-state index in [1.807, 2.05) is 0 Å². The molecule has 1 fully saturated rings. The molecule has 5 rings (SSSR count). The summed E-state index contributed by atoms with van der Waals surface area (Å²) < 4.78 is 32.2. The van der Waals surface area contributed by atoms with Gasteiger partial charge >= 0.3 is 0 Å². The van der Waals surface area contributed by atoms with E-state index in [1.165, 1.54) is 16.7 Å². The fourth-order valence-electron chi connectivity index (χ4n) is 7.52. The second-order valence-electron chi connectivity index (χ2n) is 12.0. The van der Waals surface area contributed by atoms with Gasteiger partial charge in [0.2, 0.25) is 39.1 Å². The largest absolute Gasteiger partial charge is 0.488 e. The van der Waals surface area contributed by atoms with Crippen molar-refractivity contribution in [3.63, 3.8) is 0 Å². The van der Waals surface area contributed by atoms with Crippen molar-refractivity contribution < 1.29 is 22.4 Å². The van der Waals surface area contributed by atoms with E-state index in [1.54, 1.807) is 0 Å². The van der Waals surface area contributed by atoms with Gasteiger partial charge in [0, 0.05) is 45.2 Å². The summed E-state index contributed by atoms with van der Waals surface area (Å²) in [6.07, 6.45) is 6.47. The van der Waals surface area contributed by atoms with Crippen LogP contribution in [0.4, 0.5) is 0 Å². The third-order valence-corrected chi connectivity index (χ3v) is 11.2. The summed E-state index contributed by atoms with van der Waals surface area (Å²) in [4.78, 5) is 0. The minimum atomic E-state index is -0.361. The van der Waals surface area contributed by atoms with Crippen molar-refractivity contribution in [1.29, 1.82) is 0 Å². The summed E-state index contributed by atoms with van der Waals surface area (Å²) in [5.74, 6) is 1.65. The maximum atomic E-state index is 7.32. The zero-order valence-electron chi connectivity index (χ0n) is 23.9. The molecule has 2 aliphatic carbocycles. The molecule has 2 bridgehead atoms. The van der Waals surface area contributed by atoms with Crippen LogP contribution in [0.25, 0.3) is 0 Å². The molecule has 2 unspecified atom stereocenters. The maximum absolute atomic E-state index is 7.32. The zero-order valence-corrected chi connectivity index (χ0v) is 27.9. The Morgan fingerprint density at radius 1 is 0.921 bits per heavy atom. The molecular weight excluding hydrogens is 543 g/mol. The smallest absolute Gasteiger partial charge is 0.229 e. The van der Waals surface area contributed by atoms with Crippen molar-refractivity contribution in [1.82, 2.24) is 5.32 Å². The second-order valence-corrected chi connectivity index (χ2v) is 14.6. The first-order valence-corrected chi connectivity index (χ1v) is 19.4. The molecule has 0 saturated carbocycles. The fraction of sp³-hybridized carbons (Fsp3) is 0.714. The molecule has 10 heteroatoms. The number of hydrogen-bond donors (Lipinski definition) is 1.